The van der Waals surface area contributed by atoms with Crippen molar-refractivity contribution in [2.24, 2.45) is 0 Å². The Bertz CT molecular complexity index is 1200. The topological polar surface area (TPSA) is 113 Å². The highest BCUT2D eigenvalue weighted by atomic mass is 32.2. The molecule has 1 amide bonds. The fourth-order valence-electron chi connectivity index (χ4n) is 3.41. The molecule has 2 aromatic carbocycles. The van der Waals surface area contributed by atoms with Crippen molar-refractivity contribution in [1.82, 2.24) is 8.61 Å². The number of methoxy groups -OCH3 is 1. The molecule has 1 fully saturated rings. The molecule has 0 unspecified atom stereocenters. The molecule has 0 aromatic heterocycles. The second-order valence-corrected chi connectivity index (χ2v) is 11.7. The molecule has 3 rings (SSSR count). The van der Waals surface area contributed by atoms with Gasteiger partial charge in [-0.05, 0) is 49.2 Å². The van der Waals surface area contributed by atoms with Crippen LogP contribution in [-0.2, 0) is 20.0 Å². The van der Waals surface area contributed by atoms with Crippen LogP contribution in [0.25, 0.3) is 0 Å². The third kappa shape index (κ3) is 4.96. The van der Waals surface area contributed by atoms with E-state index < -0.39 is 26.0 Å². The van der Waals surface area contributed by atoms with Crippen LogP contribution >= 0.6 is 0 Å². The zero-order chi connectivity index (χ0) is 23.5. The molecule has 0 bridgehead atoms. The summed E-state index contributed by atoms with van der Waals surface area (Å²) in [6, 6.07) is 10.1. The van der Waals surface area contributed by atoms with Gasteiger partial charge in [-0.25, -0.2) is 21.1 Å². The zero-order valence-electron chi connectivity index (χ0n) is 18.2. The Hall–Kier alpha value is -2.47. The Morgan fingerprint density at radius 1 is 1.00 bits per heavy atom. The number of carbonyl (C=O) groups is 1. The maximum absolute atomic E-state index is 12.9. The van der Waals surface area contributed by atoms with Crippen molar-refractivity contribution in [3.05, 3.63) is 48.0 Å². The van der Waals surface area contributed by atoms with Crippen LogP contribution in [0.3, 0.4) is 0 Å². The minimum absolute atomic E-state index is 0.0931. The van der Waals surface area contributed by atoms with Gasteiger partial charge in [0.05, 0.1) is 12.0 Å². The molecule has 9 nitrogen and oxygen atoms in total. The summed E-state index contributed by atoms with van der Waals surface area (Å²) in [5.41, 5.74) is 0.386. The van der Waals surface area contributed by atoms with Crippen molar-refractivity contribution >= 4 is 31.6 Å². The first-order valence-corrected chi connectivity index (χ1v) is 13.0. The van der Waals surface area contributed by atoms with Gasteiger partial charge in [-0.3, -0.25) is 4.79 Å². The molecule has 32 heavy (non-hydrogen) atoms. The monoisotopic (exact) mass is 481 g/mol. The van der Waals surface area contributed by atoms with Crippen LogP contribution in [0.15, 0.2) is 52.3 Å². The van der Waals surface area contributed by atoms with Crippen LogP contribution < -0.4 is 10.1 Å². The molecule has 174 valence electrons. The molecule has 0 atom stereocenters. The van der Waals surface area contributed by atoms with Crippen molar-refractivity contribution in [1.29, 1.82) is 0 Å². The lowest BCUT2D eigenvalue weighted by Crippen LogP contribution is -2.35. The van der Waals surface area contributed by atoms with E-state index in [9.17, 15) is 21.6 Å². The number of sulfonamides is 2. The van der Waals surface area contributed by atoms with Gasteiger partial charge in [-0.2, -0.15) is 4.31 Å². The number of benzene rings is 2. The number of hydrogen-bond donors (Lipinski definition) is 1. The summed E-state index contributed by atoms with van der Waals surface area (Å²) in [6.07, 6.45) is 2.66. The summed E-state index contributed by atoms with van der Waals surface area (Å²) in [5, 5.41) is 2.65. The summed E-state index contributed by atoms with van der Waals surface area (Å²) in [5.74, 6) is -0.458. The average molecular weight is 482 g/mol. The van der Waals surface area contributed by atoms with Crippen LogP contribution in [0.1, 0.15) is 29.6 Å². The predicted octanol–water partition coefficient (Wildman–Crippen LogP) is 2.37. The molecule has 1 saturated heterocycles. The van der Waals surface area contributed by atoms with Gasteiger partial charge < -0.3 is 10.1 Å². The second-order valence-electron chi connectivity index (χ2n) is 7.60. The van der Waals surface area contributed by atoms with Crippen molar-refractivity contribution < 1.29 is 26.4 Å². The van der Waals surface area contributed by atoms with Gasteiger partial charge in [-0.1, -0.05) is 12.5 Å². The molecule has 11 heteroatoms. The molecular formula is C21H27N3O6S2. The van der Waals surface area contributed by atoms with E-state index in [0.29, 0.717) is 18.8 Å². The van der Waals surface area contributed by atoms with Crippen LogP contribution in [-0.4, -0.2) is 65.6 Å². The predicted molar refractivity (Wildman–Crippen MR) is 121 cm³/mol. The van der Waals surface area contributed by atoms with Gasteiger partial charge in [0.15, 0.2) is 0 Å². The van der Waals surface area contributed by atoms with E-state index in [1.165, 1.54) is 55.8 Å². The van der Waals surface area contributed by atoms with Gasteiger partial charge in [0, 0.05) is 38.4 Å². The number of ether oxygens (including phenoxy) is 1. The van der Waals surface area contributed by atoms with Crippen LogP contribution in [0, 0.1) is 0 Å². The molecule has 1 N–H and O–H groups in total. The Morgan fingerprint density at radius 2 is 1.69 bits per heavy atom. The first-order chi connectivity index (χ1) is 15.1. The SMILES string of the molecule is COc1ccc(C(=O)Nc2cccc(S(=O)(=O)N3CCCCC3)c2)cc1S(=O)(=O)N(C)C. The molecule has 0 aliphatic carbocycles. The summed E-state index contributed by atoms with van der Waals surface area (Å²) >= 11 is 0. The number of hydrogen-bond acceptors (Lipinski definition) is 6. The molecule has 0 saturated carbocycles. The first kappa shape index (κ1) is 24.2. The highest BCUT2D eigenvalue weighted by molar-refractivity contribution is 7.89. The van der Waals surface area contributed by atoms with E-state index in [1.54, 1.807) is 12.1 Å². The minimum Gasteiger partial charge on any atom is -0.495 e. The highest BCUT2D eigenvalue weighted by Crippen LogP contribution is 2.28. The lowest BCUT2D eigenvalue weighted by molar-refractivity contribution is 0.102. The largest absolute Gasteiger partial charge is 0.495 e. The normalized spacial score (nSPS) is 15.5. The number of nitrogens with one attached hydrogen (secondary N) is 1. The second kappa shape index (κ2) is 9.57. The molecule has 1 aliphatic rings. The van der Waals surface area contributed by atoms with E-state index in [0.717, 1.165) is 23.6 Å². The maximum Gasteiger partial charge on any atom is 0.255 e. The molecule has 0 radical (unpaired) electrons. The maximum atomic E-state index is 12.9. The quantitative estimate of drug-likeness (QED) is 0.650. The Kier molecular flexibility index (Phi) is 7.23. The van der Waals surface area contributed by atoms with Crippen LogP contribution in [0.2, 0.25) is 0 Å². The van der Waals surface area contributed by atoms with E-state index in [-0.39, 0.29) is 21.1 Å². The fraction of sp³-hybridized carbons (Fsp3) is 0.381. The molecule has 2 aromatic rings. The smallest absolute Gasteiger partial charge is 0.255 e. The fourth-order valence-corrected chi connectivity index (χ4v) is 6.05. The third-order valence-electron chi connectivity index (χ3n) is 5.23. The van der Waals surface area contributed by atoms with Gasteiger partial charge >= 0.3 is 0 Å². The van der Waals surface area contributed by atoms with Gasteiger partial charge in [0.2, 0.25) is 20.0 Å². The summed E-state index contributed by atoms with van der Waals surface area (Å²) in [6.45, 7) is 0.960. The number of rotatable bonds is 7. The average Bonchev–Trinajstić information content (AvgIpc) is 2.79. The van der Waals surface area contributed by atoms with E-state index in [4.69, 9.17) is 4.74 Å². The number of piperidine rings is 1. The van der Waals surface area contributed by atoms with Gasteiger partial charge in [0.25, 0.3) is 5.91 Å². The zero-order valence-corrected chi connectivity index (χ0v) is 19.9. The van der Waals surface area contributed by atoms with E-state index in [1.807, 2.05) is 0 Å². The molecule has 1 aliphatic heterocycles. The van der Waals surface area contributed by atoms with Crippen molar-refractivity contribution in [2.75, 3.05) is 39.6 Å². The Balaban J connectivity index is 1.88. The number of nitrogens with zero attached hydrogens (tertiary/aromatic N) is 2. The van der Waals surface area contributed by atoms with Crippen molar-refractivity contribution in [2.45, 2.75) is 29.1 Å². The lowest BCUT2D eigenvalue weighted by Gasteiger charge is -2.26. The molecule has 0 spiro atoms. The number of carbonyl (C=O) groups excluding carboxylic acids is 1. The standard InChI is InChI=1S/C21H27N3O6S2/c1-23(2)32(28,29)20-14-16(10-11-19(20)30-3)21(25)22-17-8-7-9-18(15-17)31(26,27)24-12-5-4-6-13-24/h7-11,14-15H,4-6,12-13H2,1-3H3,(H,22,25). The van der Waals surface area contributed by atoms with E-state index in [2.05, 4.69) is 5.32 Å². The van der Waals surface area contributed by atoms with Crippen molar-refractivity contribution in [3.63, 3.8) is 0 Å². The summed E-state index contributed by atoms with van der Waals surface area (Å²) in [4.78, 5) is 12.8. The van der Waals surface area contributed by atoms with Crippen molar-refractivity contribution in [3.8, 4) is 5.75 Å². The van der Waals surface area contributed by atoms with Gasteiger partial charge in [-0.15, -0.1) is 0 Å². The first-order valence-electron chi connectivity index (χ1n) is 10.1. The highest BCUT2D eigenvalue weighted by Gasteiger charge is 2.27. The number of anilines is 1. The third-order valence-corrected chi connectivity index (χ3v) is 8.96. The van der Waals surface area contributed by atoms with Crippen LogP contribution in [0.5, 0.6) is 5.75 Å². The lowest BCUT2D eigenvalue weighted by atomic mass is 10.2. The minimum atomic E-state index is -3.84. The summed E-state index contributed by atoms with van der Waals surface area (Å²) in [7, 11) is -3.38. The van der Waals surface area contributed by atoms with E-state index >= 15 is 0 Å². The number of amides is 1. The Morgan fingerprint density at radius 3 is 2.31 bits per heavy atom. The summed E-state index contributed by atoms with van der Waals surface area (Å²) < 4.78 is 58.6. The molecule has 1 heterocycles. The Labute approximate surface area is 189 Å². The molecular weight excluding hydrogens is 454 g/mol. The van der Waals surface area contributed by atoms with Gasteiger partial charge in [0.1, 0.15) is 10.6 Å². The van der Waals surface area contributed by atoms with Crippen LogP contribution in [0.4, 0.5) is 5.69 Å².